The molecule has 4 nitrogen and oxygen atoms in total. The summed E-state index contributed by atoms with van der Waals surface area (Å²) in [6, 6.07) is 7.50. The van der Waals surface area contributed by atoms with Crippen molar-refractivity contribution in [1.82, 2.24) is 9.97 Å². The summed E-state index contributed by atoms with van der Waals surface area (Å²) in [5, 5.41) is 2.77. The predicted octanol–water partition coefficient (Wildman–Crippen LogP) is 2.50. The van der Waals surface area contributed by atoms with Crippen molar-refractivity contribution < 1.29 is 4.79 Å². The second kappa shape index (κ2) is 5.31. The molecule has 2 aromatic rings. The number of nitrogens with one attached hydrogen (secondary N) is 2. The van der Waals surface area contributed by atoms with Crippen LogP contribution in [0.3, 0.4) is 0 Å². The largest absolute Gasteiger partial charge is 0.365 e. The monoisotopic (exact) mass is 341 g/mol. The first-order chi connectivity index (χ1) is 8.15. The van der Waals surface area contributed by atoms with E-state index in [0.29, 0.717) is 12.2 Å². The number of pyridine rings is 1. The van der Waals surface area contributed by atoms with E-state index in [4.69, 9.17) is 0 Å². The summed E-state index contributed by atoms with van der Waals surface area (Å²) >= 11 is 2.21. The van der Waals surface area contributed by atoms with Gasteiger partial charge < -0.3 is 10.3 Å². The number of nitrogens with zero attached hydrogens (tertiary/aromatic N) is 1. The van der Waals surface area contributed by atoms with Crippen molar-refractivity contribution in [2.24, 2.45) is 0 Å². The van der Waals surface area contributed by atoms with Crippen LogP contribution in [0.4, 0.5) is 5.82 Å². The Hall–Kier alpha value is -1.37. The molecule has 0 saturated carbocycles. The second-order valence-corrected chi connectivity index (χ2v) is 4.85. The van der Waals surface area contributed by atoms with Gasteiger partial charge in [-0.15, -0.1) is 0 Å². The normalized spacial score (nSPS) is 10.2. The van der Waals surface area contributed by atoms with Gasteiger partial charge in [0.25, 0.3) is 0 Å². The van der Waals surface area contributed by atoms with Crippen LogP contribution in [0.25, 0.3) is 0 Å². The molecule has 0 radical (unpaired) electrons. The lowest BCUT2D eigenvalue weighted by Gasteiger charge is -2.05. The van der Waals surface area contributed by atoms with E-state index in [1.54, 1.807) is 12.3 Å². The summed E-state index contributed by atoms with van der Waals surface area (Å²) in [5.41, 5.74) is 1.81. The minimum absolute atomic E-state index is 0.0689. The van der Waals surface area contributed by atoms with Crippen LogP contribution < -0.4 is 5.32 Å². The molecule has 0 aliphatic carbocycles. The Morgan fingerprint density at radius 1 is 1.47 bits per heavy atom. The lowest BCUT2D eigenvalue weighted by molar-refractivity contribution is -0.115. The maximum absolute atomic E-state index is 11.7. The van der Waals surface area contributed by atoms with Crippen molar-refractivity contribution in [2.45, 2.75) is 13.3 Å². The fourth-order valence-electron chi connectivity index (χ4n) is 1.45. The first-order valence-corrected chi connectivity index (χ1v) is 6.28. The number of halogens is 1. The number of carbonyl (C=O) groups is 1. The zero-order valence-electron chi connectivity index (χ0n) is 9.33. The van der Waals surface area contributed by atoms with Gasteiger partial charge in [-0.05, 0) is 53.8 Å². The van der Waals surface area contributed by atoms with Gasteiger partial charge >= 0.3 is 0 Å². The second-order valence-electron chi connectivity index (χ2n) is 3.68. The molecule has 0 saturated heterocycles. The highest BCUT2D eigenvalue weighted by Crippen LogP contribution is 2.12. The van der Waals surface area contributed by atoms with Gasteiger partial charge in [-0.2, -0.15) is 0 Å². The molecule has 0 spiro atoms. The zero-order chi connectivity index (χ0) is 12.3. The number of hydrogen-bond donors (Lipinski definition) is 2. The standard InChI is InChI=1S/C12H12IN3O/c1-8-10(13)4-5-11(15-8)16-12(17)7-9-3-2-6-14-9/h2-6,14H,7H2,1H3,(H,15,16,17). The van der Waals surface area contributed by atoms with Gasteiger partial charge in [0.2, 0.25) is 5.91 Å². The minimum atomic E-state index is -0.0689. The Morgan fingerprint density at radius 2 is 2.29 bits per heavy atom. The van der Waals surface area contributed by atoms with E-state index in [1.807, 2.05) is 25.1 Å². The van der Waals surface area contributed by atoms with Crippen LogP contribution in [0.2, 0.25) is 0 Å². The number of H-pyrrole nitrogens is 1. The van der Waals surface area contributed by atoms with Gasteiger partial charge in [0.1, 0.15) is 5.82 Å². The van der Waals surface area contributed by atoms with Crippen molar-refractivity contribution in [1.29, 1.82) is 0 Å². The predicted molar refractivity (Wildman–Crippen MR) is 74.8 cm³/mol. The lowest BCUT2D eigenvalue weighted by Crippen LogP contribution is -2.15. The Kier molecular flexibility index (Phi) is 3.78. The van der Waals surface area contributed by atoms with Crippen molar-refractivity contribution in [3.05, 3.63) is 45.4 Å². The highest BCUT2D eigenvalue weighted by molar-refractivity contribution is 14.1. The average Bonchev–Trinajstić information content (AvgIpc) is 2.76. The molecule has 0 bridgehead atoms. The first kappa shape index (κ1) is 12.1. The number of amides is 1. The summed E-state index contributed by atoms with van der Waals surface area (Å²) in [5.74, 6) is 0.528. The minimum Gasteiger partial charge on any atom is -0.365 e. The molecule has 0 aliphatic rings. The molecule has 88 valence electrons. The van der Waals surface area contributed by atoms with Gasteiger partial charge in [-0.3, -0.25) is 4.79 Å². The van der Waals surface area contributed by atoms with E-state index in [0.717, 1.165) is 15.0 Å². The topological polar surface area (TPSA) is 57.8 Å². The summed E-state index contributed by atoms with van der Waals surface area (Å²) in [6.45, 7) is 1.92. The van der Waals surface area contributed by atoms with Crippen LogP contribution >= 0.6 is 22.6 Å². The number of anilines is 1. The van der Waals surface area contributed by atoms with Crippen LogP contribution in [0.1, 0.15) is 11.4 Å². The summed E-state index contributed by atoms with van der Waals surface area (Å²) in [4.78, 5) is 19.0. The number of rotatable bonds is 3. The summed E-state index contributed by atoms with van der Waals surface area (Å²) in [6.07, 6.45) is 2.13. The maximum atomic E-state index is 11.7. The molecule has 0 atom stereocenters. The lowest BCUT2D eigenvalue weighted by atomic mass is 10.3. The molecule has 2 heterocycles. The molecule has 0 fully saturated rings. The molecule has 2 N–H and O–H groups in total. The highest BCUT2D eigenvalue weighted by Gasteiger charge is 2.06. The number of aromatic nitrogens is 2. The van der Waals surface area contributed by atoms with E-state index in [1.165, 1.54) is 0 Å². The third kappa shape index (κ3) is 3.29. The quantitative estimate of drug-likeness (QED) is 0.843. The summed E-state index contributed by atoms with van der Waals surface area (Å²) < 4.78 is 1.09. The Bertz CT molecular complexity index is 523. The van der Waals surface area contributed by atoms with Crippen LogP contribution in [0.5, 0.6) is 0 Å². The Balaban J connectivity index is 2.00. The number of aromatic amines is 1. The molecule has 0 aromatic carbocycles. The number of aryl methyl sites for hydroxylation is 1. The van der Waals surface area contributed by atoms with Crippen LogP contribution in [-0.2, 0) is 11.2 Å². The van der Waals surface area contributed by atoms with E-state index in [9.17, 15) is 4.79 Å². The van der Waals surface area contributed by atoms with Crippen molar-refractivity contribution in [2.75, 3.05) is 5.32 Å². The third-order valence-corrected chi connectivity index (χ3v) is 3.44. The molecular formula is C12H12IN3O. The van der Waals surface area contributed by atoms with Crippen molar-refractivity contribution in [3.63, 3.8) is 0 Å². The first-order valence-electron chi connectivity index (χ1n) is 5.20. The average molecular weight is 341 g/mol. The van der Waals surface area contributed by atoms with E-state index in [-0.39, 0.29) is 5.91 Å². The van der Waals surface area contributed by atoms with Crippen LogP contribution in [0, 0.1) is 10.5 Å². The summed E-state index contributed by atoms with van der Waals surface area (Å²) in [7, 11) is 0. The highest BCUT2D eigenvalue weighted by atomic mass is 127. The molecule has 5 heteroatoms. The fraction of sp³-hybridized carbons (Fsp3) is 0.167. The Labute approximate surface area is 113 Å². The smallest absolute Gasteiger partial charge is 0.231 e. The number of carbonyl (C=O) groups excluding carboxylic acids is 1. The molecule has 17 heavy (non-hydrogen) atoms. The van der Waals surface area contributed by atoms with Crippen LogP contribution in [-0.4, -0.2) is 15.9 Å². The zero-order valence-corrected chi connectivity index (χ0v) is 11.5. The van der Waals surface area contributed by atoms with Crippen LogP contribution in [0.15, 0.2) is 30.5 Å². The SMILES string of the molecule is Cc1nc(NC(=O)Cc2ccc[nH]2)ccc1I. The maximum Gasteiger partial charge on any atom is 0.231 e. The molecule has 0 unspecified atom stereocenters. The molecule has 0 aliphatic heterocycles. The number of hydrogen-bond acceptors (Lipinski definition) is 2. The van der Waals surface area contributed by atoms with Gasteiger partial charge in [0, 0.05) is 15.5 Å². The van der Waals surface area contributed by atoms with Gasteiger partial charge in [0.05, 0.1) is 12.1 Å². The molecular weight excluding hydrogens is 329 g/mol. The molecule has 2 aromatic heterocycles. The Morgan fingerprint density at radius 3 is 2.94 bits per heavy atom. The van der Waals surface area contributed by atoms with Crippen molar-refractivity contribution >= 4 is 34.3 Å². The van der Waals surface area contributed by atoms with E-state index >= 15 is 0 Å². The van der Waals surface area contributed by atoms with E-state index in [2.05, 4.69) is 37.9 Å². The van der Waals surface area contributed by atoms with Gasteiger partial charge in [0.15, 0.2) is 0 Å². The molecule has 1 amide bonds. The fourth-order valence-corrected chi connectivity index (χ4v) is 1.75. The van der Waals surface area contributed by atoms with Gasteiger partial charge in [-0.25, -0.2) is 4.98 Å². The molecule has 2 rings (SSSR count). The van der Waals surface area contributed by atoms with E-state index < -0.39 is 0 Å². The van der Waals surface area contributed by atoms with Gasteiger partial charge in [-0.1, -0.05) is 0 Å². The van der Waals surface area contributed by atoms with Crippen molar-refractivity contribution in [3.8, 4) is 0 Å². The third-order valence-electron chi connectivity index (χ3n) is 2.30.